The number of aromatic nitrogens is 2. The van der Waals surface area contributed by atoms with Gasteiger partial charge in [0, 0.05) is 17.7 Å². The fourth-order valence-corrected chi connectivity index (χ4v) is 5.31. The highest BCUT2D eigenvalue weighted by molar-refractivity contribution is 7.90. The number of aryl methyl sites for hydroxylation is 1. The third kappa shape index (κ3) is 2.47. The molecule has 2 heterocycles. The van der Waals surface area contributed by atoms with Crippen LogP contribution in [-0.4, -0.2) is 29.3 Å². The molecular formula is C21H20N2O3S. The summed E-state index contributed by atoms with van der Waals surface area (Å²) in [4.78, 5) is 4.57. The zero-order valence-corrected chi connectivity index (χ0v) is 15.7. The number of hydrogen-bond donors (Lipinski definition) is 1. The molecule has 3 atom stereocenters. The largest absolute Gasteiger partial charge is 0.388 e. The van der Waals surface area contributed by atoms with E-state index in [2.05, 4.69) is 21.7 Å². The van der Waals surface area contributed by atoms with E-state index in [9.17, 15) is 13.5 Å². The zero-order valence-electron chi connectivity index (χ0n) is 14.9. The van der Waals surface area contributed by atoms with Crippen LogP contribution in [0.25, 0.3) is 11.3 Å². The molecule has 0 spiro atoms. The third-order valence-corrected chi connectivity index (χ3v) is 7.05. The summed E-state index contributed by atoms with van der Waals surface area (Å²) in [6, 6.07) is 13.4. The molecule has 1 unspecified atom stereocenters. The zero-order chi connectivity index (χ0) is 18.8. The number of nitrogens with zero attached hydrogens (tertiary/aromatic N) is 2. The average Bonchev–Trinajstić information content (AvgIpc) is 3.23. The van der Waals surface area contributed by atoms with E-state index in [0.717, 1.165) is 35.2 Å². The Kier molecular flexibility index (Phi) is 3.58. The molecule has 0 fully saturated rings. The van der Waals surface area contributed by atoms with Gasteiger partial charge in [-0.2, -0.15) is 0 Å². The van der Waals surface area contributed by atoms with Crippen molar-refractivity contribution in [1.82, 2.24) is 9.55 Å². The normalized spacial score (nSPS) is 23.6. The first-order valence-electron chi connectivity index (χ1n) is 9.07. The Bertz CT molecular complexity index is 1150. The van der Waals surface area contributed by atoms with Gasteiger partial charge in [-0.1, -0.05) is 30.3 Å². The highest BCUT2D eigenvalue weighted by Crippen LogP contribution is 2.49. The fourth-order valence-electron chi connectivity index (χ4n) is 4.66. The molecule has 0 amide bonds. The molecule has 0 saturated carbocycles. The van der Waals surface area contributed by atoms with Crippen LogP contribution in [-0.2, 0) is 16.3 Å². The second kappa shape index (κ2) is 5.78. The highest BCUT2D eigenvalue weighted by atomic mass is 32.2. The van der Waals surface area contributed by atoms with E-state index in [1.54, 1.807) is 12.1 Å². The first-order valence-corrected chi connectivity index (χ1v) is 11.0. The minimum atomic E-state index is -3.31. The third-order valence-electron chi connectivity index (χ3n) is 5.94. The number of fused-ring (bicyclic) bond motifs is 4. The van der Waals surface area contributed by atoms with E-state index in [1.165, 1.54) is 11.8 Å². The Morgan fingerprint density at radius 1 is 1.15 bits per heavy atom. The van der Waals surface area contributed by atoms with E-state index < -0.39 is 15.9 Å². The average molecular weight is 380 g/mol. The van der Waals surface area contributed by atoms with Crippen LogP contribution in [0.1, 0.15) is 35.3 Å². The Morgan fingerprint density at radius 3 is 2.78 bits per heavy atom. The number of benzene rings is 2. The fraction of sp³-hybridized carbons (Fsp3) is 0.286. The van der Waals surface area contributed by atoms with Gasteiger partial charge in [-0.15, -0.1) is 0 Å². The molecule has 1 aromatic heterocycles. The Balaban J connectivity index is 1.61. The van der Waals surface area contributed by atoms with Crippen LogP contribution < -0.4 is 0 Å². The van der Waals surface area contributed by atoms with Gasteiger partial charge in [0.25, 0.3) is 0 Å². The van der Waals surface area contributed by atoms with Crippen molar-refractivity contribution < 1.29 is 13.5 Å². The number of rotatable bonds is 2. The lowest BCUT2D eigenvalue weighted by Crippen LogP contribution is -2.28. The summed E-state index contributed by atoms with van der Waals surface area (Å²) < 4.78 is 26.1. The van der Waals surface area contributed by atoms with Gasteiger partial charge in [-0.25, -0.2) is 13.4 Å². The second-order valence-corrected chi connectivity index (χ2v) is 9.51. The molecule has 5 rings (SSSR count). The van der Waals surface area contributed by atoms with Gasteiger partial charge in [-0.3, -0.25) is 0 Å². The van der Waals surface area contributed by atoms with Crippen LogP contribution >= 0.6 is 0 Å². The van der Waals surface area contributed by atoms with Crippen molar-refractivity contribution in [3.8, 4) is 11.3 Å². The van der Waals surface area contributed by atoms with Crippen molar-refractivity contribution in [3.63, 3.8) is 0 Å². The minimum absolute atomic E-state index is 0.00346. The Hall–Kier alpha value is -2.44. The van der Waals surface area contributed by atoms with Crippen molar-refractivity contribution in [2.75, 3.05) is 6.26 Å². The quantitative estimate of drug-likeness (QED) is 0.741. The van der Waals surface area contributed by atoms with Crippen LogP contribution in [0.4, 0.5) is 0 Å². The molecule has 0 bridgehead atoms. The maximum atomic E-state index is 12.0. The van der Waals surface area contributed by atoms with Gasteiger partial charge < -0.3 is 9.67 Å². The van der Waals surface area contributed by atoms with Crippen LogP contribution in [0.5, 0.6) is 0 Å². The number of aliphatic hydroxyl groups is 1. The SMILES string of the molecule is CS(=O)(=O)c1ccc2c(c1)[C@@H](O)[C@H](C1c3ccccc3-c3cncn31)CC2. The Morgan fingerprint density at radius 2 is 1.96 bits per heavy atom. The van der Waals surface area contributed by atoms with Gasteiger partial charge in [0.1, 0.15) is 0 Å². The van der Waals surface area contributed by atoms with Crippen LogP contribution in [0, 0.1) is 5.92 Å². The first-order chi connectivity index (χ1) is 12.9. The Labute approximate surface area is 158 Å². The summed E-state index contributed by atoms with van der Waals surface area (Å²) in [7, 11) is -3.31. The van der Waals surface area contributed by atoms with Crippen molar-refractivity contribution in [2.24, 2.45) is 5.92 Å². The van der Waals surface area contributed by atoms with Gasteiger partial charge in [-0.05, 0) is 41.7 Å². The van der Waals surface area contributed by atoms with Gasteiger partial charge in [0.15, 0.2) is 9.84 Å². The second-order valence-electron chi connectivity index (χ2n) is 7.50. The summed E-state index contributed by atoms with van der Waals surface area (Å²) in [5.74, 6) is -0.0380. The van der Waals surface area contributed by atoms with Crippen molar-refractivity contribution in [3.05, 3.63) is 71.7 Å². The standard InChI is InChI=1S/C21H20N2O3S/c1-27(25,26)14-8-6-13-7-9-17(21(24)18(13)10-14)20-16-5-3-2-4-15(16)19-11-22-12-23(19)20/h2-6,8,10-12,17,20-21,24H,7,9H2,1H3/t17-,20?,21-/m0/s1. The van der Waals surface area contributed by atoms with Crippen LogP contribution in [0.15, 0.2) is 59.9 Å². The predicted octanol–water partition coefficient (Wildman–Crippen LogP) is 3.15. The molecular weight excluding hydrogens is 360 g/mol. The molecule has 1 N–H and O–H groups in total. The van der Waals surface area contributed by atoms with Crippen LogP contribution in [0.2, 0.25) is 0 Å². The predicted molar refractivity (Wildman–Crippen MR) is 102 cm³/mol. The summed E-state index contributed by atoms with van der Waals surface area (Å²) in [6.07, 6.45) is 5.83. The smallest absolute Gasteiger partial charge is 0.175 e. The topological polar surface area (TPSA) is 72.2 Å². The van der Waals surface area contributed by atoms with Gasteiger partial charge in [0.2, 0.25) is 0 Å². The molecule has 5 nitrogen and oxygen atoms in total. The lowest BCUT2D eigenvalue weighted by atomic mass is 9.76. The minimum Gasteiger partial charge on any atom is -0.388 e. The monoisotopic (exact) mass is 380 g/mol. The molecule has 2 aromatic carbocycles. The van der Waals surface area contributed by atoms with Gasteiger partial charge >= 0.3 is 0 Å². The summed E-state index contributed by atoms with van der Waals surface area (Å²) in [5.41, 5.74) is 5.19. The lowest BCUT2D eigenvalue weighted by Gasteiger charge is -2.35. The molecule has 2 aliphatic rings. The van der Waals surface area contributed by atoms with Gasteiger partial charge in [0.05, 0.1) is 35.3 Å². The van der Waals surface area contributed by atoms with Crippen molar-refractivity contribution in [2.45, 2.75) is 29.9 Å². The maximum absolute atomic E-state index is 12.0. The first kappa shape index (κ1) is 16.7. The van der Waals surface area contributed by atoms with E-state index >= 15 is 0 Å². The van der Waals surface area contributed by atoms with Crippen LogP contribution in [0.3, 0.4) is 0 Å². The molecule has 1 aliphatic carbocycles. The number of hydrogen-bond acceptors (Lipinski definition) is 4. The number of imidazole rings is 1. The van der Waals surface area contributed by atoms with E-state index in [-0.39, 0.29) is 16.9 Å². The molecule has 0 radical (unpaired) electrons. The summed E-state index contributed by atoms with van der Waals surface area (Å²) in [6.45, 7) is 0. The molecule has 3 aromatic rings. The molecule has 6 heteroatoms. The van der Waals surface area contributed by atoms with Crippen molar-refractivity contribution >= 4 is 9.84 Å². The number of sulfone groups is 1. The highest BCUT2D eigenvalue weighted by Gasteiger charge is 2.40. The summed E-state index contributed by atoms with van der Waals surface area (Å²) in [5, 5.41) is 11.2. The van der Waals surface area contributed by atoms with E-state index in [0.29, 0.717) is 0 Å². The van der Waals surface area contributed by atoms with Crippen molar-refractivity contribution in [1.29, 1.82) is 0 Å². The number of aliphatic hydroxyl groups excluding tert-OH is 1. The maximum Gasteiger partial charge on any atom is 0.175 e. The van der Waals surface area contributed by atoms with E-state index in [4.69, 9.17) is 0 Å². The molecule has 0 saturated heterocycles. The lowest BCUT2D eigenvalue weighted by molar-refractivity contribution is 0.0718. The summed E-state index contributed by atoms with van der Waals surface area (Å²) >= 11 is 0. The molecule has 138 valence electrons. The van der Waals surface area contributed by atoms with E-state index in [1.807, 2.05) is 30.7 Å². The molecule has 1 aliphatic heterocycles. The molecule has 27 heavy (non-hydrogen) atoms.